The first-order valence-corrected chi connectivity index (χ1v) is 11.2. The van der Waals surface area contributed by atoms with Crippen molar-refractivity contribution in [2.45, 2.75) is 20.1 Å². The van der Waals surface area contributed by atoms with Crippen LogP contribution in [0.25, 0.3) is 0 Å². The molecule has 0 unspecified atom stereocenters. The van der Waals surface area contributed by atoms with Crippen LogP contribution in [0.5, 0.6) is 17.5 Å². The highest BCUT2D eigenvalue weighted by Gasteiger charge is 2.12. The lowest BCUT2D eigenvalue weighted by molar-refractivity contribution is -0.128. The van der Waals surface area contributed by atoms with Gasteiger partial charge in [0.05, 0.1) is 0 Å². The zero-order chi connectivity index (χ0) is 22.2. The third-order valence-electron chi connectivity index (χ3n) is 3.90. The predicted octanol–water partition coefficient (Wildman–Crippen LogP) is 6.06. The van der Waals surface area contributed by atoms with Gasteiger partial charge in [-0.3, -0.25) is 0 Å². The van der Waals surface area contributed by atoms with E-state index in [9.17, 15) is 4.79 Å². The minimum atomic E-state index is -0.527. The lowest BCUT2D eigenvalue weighted by Gasteiger charge is -2.08. The van der Waals surface area contributed by atoms with Gasteiger partial charge in [-0.1, -0.05) is 43.0 Å². The lowest BCUT2D eigenvalue weighted by atomic mass is 10.3. The molecule has 8 heteroatoms. The van der Waals surface area contributed by atoms with Gasteiger partial charge >= 0.3 is 12.0 Å². The molecule has 4 rings (SSSR count). The van der Waals surface area contributed by atoms with Crippen LogP contribution in [0.2, 0.25) is 0 Å². The van der Waals surface area contributed by atoms with E-state index in [0.717, 1.165) is 15.9 Å². The molecule has 0 aliphatic heterocycles. The van der Waals surface area contributed by atoms with Crippen LogP contribution < -0.4 is 9.47 Å². The topological polar surface area (TPSA) is 74.2 Å². The first kappa shape index (κ1) is 21.6. The van der Waals surface area contributed by atoms with Crippen LogP contribution in [0.15, 0.2) is 118 Å². The van der Waals surface area contributed by atoms with Gasteiger partial charge in [-0.15, -0.1) is 0 Å². The highest BCUT2D eigenvalue weighted by atomic mass is 32.2. The van der Waals surface area contributed by atoms with Crippen molar-refractivity contribution in [3.05, 3.63) is 97.6 Å². The van der Waals surface area contributed by atoms with Crippen molar-refractivity contribution in [2.75, 3.05) is 0 Å². The molecule has 0 radical (unpaired) electrons. The van der Waals surface area contributed by atoms with Crippen molar-refractivity contribution in [3.8, 4) is 17.5 Å². The second-order valence-corrected chi connectivity index (χ2v) is 8.29. The summed E-state index contributed by atoms with van der Waals surface area (Å²) in [5, 5.41) is 1.05. The molecule has 3 aromatic carbocycles. The van der Waals surface area contributed by atoms with Crippen molar-refractivity contribution in [3.63, 3.8) is 0 Å². The maximum atomic E-state index is 11.3. The molecule has 158 valence electrons. The van der Waals surface area contributed by atoms with E-state index in [1.54, 1.807) is 24.3 Å². The van der Waals surface area contributed by atoms with E-state index < -0.39 is 5.97 Å². The van der Waals surface area contributed by atoms with Gasteiger partial charge in [0.1, 0.15) is 11.5 Å². The summed E-state index contributed by atoms with van der Waals surface area (Å²) in [5.74, 6) is 0.362. The Kier molecular flexibility index (Phi) is 7.16. The molecule has 1 aromatic heterocycles. The lowest BCUT2D eigenvalue weighted by Crippen LogP contribution is -2.03. The molecule has 0 spiro atoms. The Morgan fingerprint density at radius 2 is 1.22 bits per heavy atom. The SMILES string of the molecule is C=CC(=O)Oc1ccc(Oc2nc(Sc3ccccc3)nc(Sc3ccccc3)n2)cc1. The quantitative estimate of drug-likeness (QED) is 0.179. The molecule has 0 saturated heterocycles. The second-order valence-electron chi connectivity index (χ2n) is 6.21. The van der Waals surface area contributed by atoms with Crippen LogP contribution in [0, 0.1) is 0 Å². The Morgan fingerprint density at radius 3 is 1.72 bits per heavy atom. The average Bonchev–Trinajstić information content (AvgIpc) is 2.81. The van der Waals surface area contributed by atoms with Gasteiger partial charge in [-0.2, -0.15) is 15.0 Å². The minimum Gasteiger partial charge on any atom is -0.424 e. The average molecular weight is 460 g/mol. The first-order chi connectivity index (χ1) is 15.7. The van der Waals surface area contributed by atoms with E-state index in [0.29, 0.717) is 21.8 Å². The molecule has 0 bridgehead atoms. The number of nitrogens with zero attached hydrogens (tertiary/aromatic N) is 3. The number of carbonyl (C=O) groups is 1. The fourth-order valence-electron chi connectivity index (χ4n) is 2.48. The number of hydrogen-bond acceptors (Lipinski definition) is 8. The minimum absolute atomic E-state index is 0.174. The Bertz CT molecular complexity index is 1140. The van der Waals surface area contributed by atoms with Crippen LogP contribution >= 0.6 is 23.5 Å². The maximum Gasteiger partial charge on any atom is 0.335 e. The summed E-state index contributed by atoms with van der Waals surface area (Å²) in [6.07, 6.45) is 1.10. The number of hydrogen-bond donors (Lipinski definition) is 0. The highest BCUT2D eigenvalue weighted by molar-refractivity contribution is 7.99. The Labute approximate surface area is 193 Å². The molecule has 6 nitrogen and oxygen atoms in total. The monoisotopic (exact) mass is 459 g/mol. The van der Waals surface area contributed by atoms with Crippen molar-refractivity contribution in [1.29, 1.82) is 0 Å². The summed E-state index contributed by atoms with van der Waals surface area (Å²) in [6.45, 7) is 3.38. The zero-order valence-electron chi connectivity index (χ0n) is 16.8. The largest absolute Gasteiger partial charge is 0.424 e. The molecule has 0 amide bonds. The molecule has 0 fully saturated rings. The van der Waals surface area contributed by atoms with E-state index in [-0.39, 0.29) is 6.01 Å². The van der Waals surface area contributed by atoms with E-state index >= 15 is 0 Å². The summed E-state index contributed by atoms with van der Waals surface area (Å²) in [5.41, 5.74) is 0. The number of benzene rings is 3. The smallest absolute Gasteiger partial charge is 0.335 e. The fourth-order valence-corrected chi connectivity index (χ4v) is 4.06. The molecular formula is C24H17N3O3S2. The summed E-state index contributed by atoms with van der Waals surface area (Å²) >= 11 is 2.85. The van der Waals surface area contributed by atoms with Gasteiger partial charge in [0, 0.05) is 15.9 Å². The van der Waals surface area contributed by atoms with Crippen molar-refractivity contribution in [1.82, 2.24) is 15.0 Å². The number of ether oxygens (including phenoxy) is 2. The molecule has 0 aliphatic carbocycles. The number of esters is 1. The van der Waals surface area contributed by atoms with E-state index in [2.05, 4.69) is 21.5 Å². The van der Waals surface area contributed by atoms with Crippen LogP contribution in [-0.2, 0) is 4.79 Å². The van der Waals surface area contributed by atoms with Crippen LogP contribution in [0.4, 0.5) is 0 Å². The standard InChI is InChI=1S/C24H17N3O3S2/c1-2-21(28)29-17-13-15-18(16-14-17)30-22-25-23(31-19-9-5-3-6-10-19)27-24(26-22)32-20-11-7-4-8-12-20/h2-16H,1H2. The van der Waals surface area contributed by atoms with E-state index in [1.165, 1.54) is 23.5 Å². The summed E-state index contributed by atoms with van der Waals surface area (Å²) < 4.78 is 11.0. The van der Waals surface area contributed by atoms with Crippen molar-refractivity contribution in [2.24, 2.45) is 0 Å². The number of aromatic nitrogens is 3. The van der Waals surface area contributed by atoms with Crippen LogP contribution in [0.1, 0.15) is 0 Å². The Balaban J connectivity index is 1.58. The normalized spacial score (nSPS) is 10.4. The third-order valence-corrected chi connectivity index (χ3v) is 5.64. The molecule has 4 aromatic rings. The van der Waals surface area contributed by atoms with Gasteiger partial charge in [0.2, 0.25) is 0 Å². The zero-order valence-corrected chi connectivity index (χ0v) is 18.4. The maximum absolute atomic E-state index is 11.3. The molecule has 0 N–H and O–H groups in total. The Morgan fingerprint density at radius 1 is 0.719 bits per heavy atom. The molecule has 0 saturated carbocycles. The fraction of sp³-hybridized carbons (Fsp3) is 0. The molecule has 0 atom stereocenters. The second kappa shape index (κ2) is 10.6. The molecule has 32 heavy (non-hydrogen) atoms. The highest BCUT2D eigenvalue weighted by Crippen LogP contribution is 2.31. The van der Waals surface area contributed by atoms with Crippen LogP contribution in [-0.4, -0.2) is 20.9 Å². The van der Waals surface area contributed by atoms with E-state index in [1.807, 2.05) is 60.7 Å². The van der Waals surface area contributed by atoms with Gasteiger partial charge < -0.3 is 9.47 Å². The summed E-state index contributed by atoms with van der Waals surface area (Å²) in [4.78, 5) is 26.8. The molecular weight excluding hydrogens is 442 g/mol. The Hall–Kier alpha value is -3.62. The molecule has 0 aliphatic rings. The summed E-state index contributed by atoms with van der Waals surface area (Å²) in [6, 6.07) is 26.5. The van der Waals surface area contributed by atoms with Crippen LogP contribution in [0.3, 0.4) is 0 Å². The van der Waals surface area contributed by atoms with Gasteiger partial charge in [0.15, 0.2) is 10.3 Å². The van der Waals surface area contributed by atoms with Crippen molar-refractivity contribution >= 4 is 29.5 Å². The van der Waals surface area contributed by atoms with Gasteiger partial charge in [0.25, 0.3) is 0 Å². The number of carbonyl (C=O) groups excluding carboxylic acids is 1. The van der Waals surface area contributed by atoms with Gasteiger partial charge in [-0.25, -0.2) is 4.79 Å². The van der Waals surface area contributed by atoms with Crippen molar-refractivity contribution < 1.29 is 14.3 Å². The van der Waals surface area contributed by atoms with Gasteiger partial charge in [-0.05, 0) is 72.1 Å². The third kappa shape index (κ3) is 6.19. The first-order valence-electron chi connectivity index (χ1n) is 9.52. The predicted molar refractivity (Wildman–Crippen MR) is 123 cm³/mol. The number of rotatable bonds is 8. The van der Waals surface area contributed by atoms with E-state index in [4.69, 9.17) is 9.47 Å². The summed E-state index contributed by atoms with van der Waals surface area (Å²) in [7, 11) is 0. The molecule has 1 heterocycles.